The quantitative estimate of drug-likeness (QED) is 0.675. The molecule has 1 N–H and O–H groups in total. The molecule has 2 aromatic heterocycles. The van der Waals surface area contributed by atoms with Crippen LogP contribution in [-0.2, 0) is 5.75 Å². The topological polar surface area (TPSA) is 77.2 Å². The summed E-state index contributed by atoms with van der Waals surface area (Å²) in [6.45, 7) is 1.84. The van der Waals surface area contributed by atoms with E-state index < -0.39 is 0 Å². The number of anilines is 1. The fraction of sp³-hybridized carbons (Fsp3) is 0.167. The molecule has 128 valence electrons. The van der Waals surface area contributed by atoms with Crippen LogP contribution in [0, 0.1) is 6.92 Å². The van der Waals surface area contributed by atoms with E-state index >= 15 is 0 Å². The van der Waals surface area contributed by atoms with Gasteiger partial charge in [-0.25, -0.2) is 4.98 Å². The number of amides is 1. The molecule has 0 fully saturated rings. The van der Waals surface area contributed by atoms with E-state index in [9.17, 15) is 4.79 Å². The van der Waals surface area contributed by atoms with Crippen molar-refractivity contribution in [2.24, 2.45) is 0 Å². The molecule has 0 bridgehead atoms. The van der Waals surface area contributed by atoms with Gasteiger partial charge in [0.25, 0.3) is 5.91 Å². The number of hydrogen-bond acceptors (Lipinski definition) is 6. The highest BCUT2D eigenvalue weighted by Gasteiger charge is 2.14. The van der Waals surface area contributed by atoms with Crippen LogP contribution in [0.3, 0.4) is 0 Å². The summed E-state index contributed by atoms with van der Waals surface area (Å²) in [4.78, 5) is 16.9. The predicted octanol–water partition coefficient (Wildman–Crippen LogP) is 3.93. The van der Waals surface area contributed by atoms with Gasteiger partial charge >= 0.3 is 0 Å². The summed E-state index contributed by atoms with van der Waals surface area (Å²) >= 11 is 1.44. The number of thioether (sulfide) groups is 1. The van der Waals surface area contributed by atoms with Crippen LogP contribution in [0.4, 0.5) is 5.69 Å². The molecule has 0 aliphatic rings. The minimum absolute atomic E-state index is 0.211. The molecule has 0 radical (unpaired) electrons. The van der Waals surface area contributed by atoms with Crippen molar-refractivity contribution >= 4 is 23.4 Å². The minimum atomic E-state index is -0.211. The first-order valence-electron chi connectivity index (χ1n) is 7.61. The number of nitrogens with one attached hydrogen (secondary N) is 1. The van der Waals surface area contributed by atoms with Gasteiger partial charge in [-0.2, -0.15) is 0 Å². The van der Waals surface area contributed by atoms with Gasteiger partial charge in [-0.05, 0) is 43.3 Å². The van der Waals surface area contributed by atoms with Gasteiger partial charge in [0.05, 0.1) is 18.4 Å². The zero-order valence-corrected chi connectivity index (χ0v) is 14.7. The first-order valence-corrected chi connectivity index (χ1v) is 8.59. The Bertz CT molecular complexity index is 862. The van der Waals surface area contributed by atoms with Crippen LogP contribution in [0.1, 0.15) is 21.8 Å². The minimum Gasteiger partial charge on any atom is -0.497 e. The largest absolute Gasteiger partial charge is 0.497 e. The van der Waals surface area contributed by atoms with Crippen molar-refractivity contribution < 1.29 is 14.1 Å². The number of ether oxygens (including phenoxy) is 1. The van der Waals surface area contributed by atoms with Crippen LogP contribution >= 0.6 is 11.8 Å². The van der Waals surface area contributed by atoms with Gasteiger partial charge in [-0.3, -0.25) is 4.79 Å². The van der Waals surface area contributed by atoms with E-state index in [4.69, 9.17) is 9.26 Å². The van der Waals surface area contributed by atoms with Gasteiger partial charge in [-0.15, -0.1) is 0 Å². The van der Waals surface area contributed by atoms with Crippen molar-refractivity contribution in [1.29, 1.82) is 0 Å². The standard InChI is InChI=1S/C18H17N3O3S/c1-12-10-14(21-24-12)11-25-18-16(4-3-9-19-18)17(22)20-13-5-7-15(23-2)8-6-13/h3-10H,11H2,1-2H3,(H,20,22). The number of nitrogens with zero attached hydrogens (tertiary/aromatic N) is 2. The first-order chi connectivity index (χ1) is 12.2. The van der Waals surface area contributed by atoms with Crippen LogP contribution in [0.5, 0.6) is 5.75 Å². The number of rotatable bonds is 6. The lowest BCUT2D eigenvalue weighted by molar-refractivity contribution is 0.102. The van der Waals surface area contributed by atoms with E-state index in [-0.39, 0.29) is 5.91 Å². The third-order valence-corrected chi connectivity index (χ3v) is 4.44. The molecule has 0 aliphatic carbocycles. The predicted molar refractivity (Wildman–Crippen MR) is 96.0 cm³/mol. The Hall–Kier alpha value is -2.80. The van der Waals surface area contributed by atoms with E-state index in [2.05, 4.69) is 15.5 Å². The normalized spacial score (nSPS) is 10.5. The molecular weight excluding hydrogens is 338 g/mol. The van der Waals surface area contributed by atoms with Crippen LogP contribution in [0.15, 0.2) is 58.2 Å². The molecule has 0 saturated carbocycles. The highest BCUT2D eigenvalue weighted by atomic mass is 32.2. The number of carbonyl (C=O) groups excluding carboxylic acids is 1. The monoisotopic (exact) mass is 355 g/mol. The first kappa shape index (κ1) is 17.0. The van der Waals surface area contributed by atoms with Crippen molar-refractivity contribution in [3.8, 4) is 5.75 Å². The van der Waals surface area contributed by atoms with Gasteiger partial charge < -0.3 is 14.6 Å². The van der Waals surface area contributed by atoms with Crippen LogP contribution < -0.4 is 10.1 Å². The molecule has 0 spiro atoms. The van der Waals surface area contributed by atoms with Gasteiger partial charge in [0.2, 0.25) is 0 Å². The molecule has 3 rings (SSSR count). The fourth-order valence-electron chi connectivity index (χ4n) is 2.18. The molecule has 0 unspecified atom stereocenters. The van der Waals surface area contributed by atoms with E-state index in [1.165, 1.54) is 11.8 Å². The summed E-state index contributed by atoms with van der Waals surface area (Å²) in [6.07, 6.45) is 1.67. The van der Waals surface area contributed by atoms with E-state index in [0.29, 0.717) is 22.0 Å². The highest BCUT2D eigenvalue weighted by molar-refractivity contribution is 7.98. The number of methoxy groups -OCH3 is 1. The third-order valence-electron chi connectivity index (χ3n) is 3.40. The van der Waals surface area contributed by atoms with Crippen molar-refractivity contribution in [1.82, 2.24) is 10.1 Å². The van der Waals surface area contributed by atoms with E-state index in [1.807, 2.05) is 13.0 Å². The van der Waals surface area contributed by atoms with Crippen LogP contribution in [0.2, 0.25) is 0 Å². The lowest BCUT2D eigenvalue weighted by Gasteiger charge is -2.09. The smallest absolute Gasteiger partial charge is 0.258 e. The van der Waals surface area contributed by atoms with Crippen LogP contribution in [0.25, 0.3) is 0 Å². The summed E-state index contributed by atoms with van der Waals surface area (Å²) in [5, 5.41) is 7.47. The third kappa shape index (κ3) is 4.39. The Morgan fingerprint density at radius 1 is 1.28 bits per heavy atom. The number of pyridine rings is 1. The zero-order valence-electron chi connectivity index (χ0n) is 13.9. The van der Waals surface area contributed by atoms with Crippen LogP contribution in [-0.4, -0.2) is 23.2 Å². The lowest BCUT2D eigenvalue weighted by atomic mass is 10.2. The Labute approximate surface area is 149 Å². The Morgan fingerprint density at radius 3 is 2.76 bits per heavy atom. The summed E-state index contributed by atoms with van der Waals surface area (Å²) < 4.78 is 10.2. The number of aromatic nitrogens is 2. The second-order valence-electron chi connectivity index (χ2n) is 5.26. The average molecular weight is 355 g/mol. The zero-order chi connectivity index (χ0) is 17.6. The Morgan fingerprint density at radius 2 is 2.08 bits per heavy atom. The fourth-order valence-corrected chi connectivity index (χ4v) is 3.05. The number of carbonyl (C=O) groups is 1. The SMILES string of the molecule is COc1ccc(NC(=O)c2cccnc2SCc2cc(C)on2)cc1. The maximum absolute atomic E-state index is 12.6. The number of hydrogen-bond donors (Lipinski definition) is 1. The molecule has 1 aromatic carbocycles. The molecule has 2 heterocycles. The van der Waals surface area contributed by atoms with Crippen molar-refractivity contribution in [2.45, 2.75) is 17.7 Å². The van der Waals surface area contributed by atoms with Crippen molar-refractivity contribution in [3.05, 3.63) is 65.7 Å². The summed E-state index contributed by atoms with van der Waals surface area (Å²) in [5.41, 5.74) is 2.02. The summed E-state index contributed by atoms with van der Waals surface area (Å²) in [6, 6.07) is 12.5. The number of benzene rings is 1. The maximum atomic E-state index is 12.6. The van der Waals surface area contributed by atoms with E-state index in [1.54, 1.807) is 49.7 Å². The molecule has 0 aliphatic heterocycles. The van der Waals surface area contributed by atoms with Gasteiger partial charge in [-0.1, -0.05) is 16.9 Å². The molecule has 0 atom stereocenters. The highest BCUT2D eigenvalue weighted by Crippen LogP contribution is 2.25. The Balaban J connectivity index is 1.71. The molecule has 25 heavy (non-hydrogen) atoms. The van der Waals surface area contributed by atoms with E-state index in [0.717, 1.165) is 17.2 Å². The number of aryl methyl sites for hydroxylation is 1. The van der Waals surface area contributed by atoms with Gasteiger partial charge in [0, 0.05) is 23.7 Å². The molecule has 3 aromatic rings. The van der Waals surface area contributed by atoms with Gasteiger partial charge in [0.15, 0.2) is 0 Å². The molecule has 0 saturated heterocycles. The average Bonchev–Trinajstić information content (AvgIpc) is 3.06. The molecule has 7 heteroatoms. The summed E-state index contributed by atoms with van der Waals surface area (Å²) in [5.74, 6) is 1.86. The molecule has 6 nitrogen and oxygen atoms in total. The molecular formula is C18H17N3O3S. The molecule has 1 amide bonds. The second kappa shape index (κ2) is 7.85. The Kier molecular flexibility index (Phi) is 5.35. The summed E-state index contributed by atoms with van der Waals surface area (Å²) in [7, 11) is 1.60. The van der Waals surface area contributed by atoms with Gasteiger partial charge in [0.1, 0.15) is 16.5 Å². The lowest BCUT2D eigenvalue weighted by Crippen LogP contribution is -2.13. The maximum Gasteiger partial charge on any atom is 0.258 e. The van der Waals surface area contributed by atoms with Crippen molar-refractivity contribution in [2.75, 3.05) is 12.4 Å². The van der Waals surface area contributed by atoms with Crippen molar-refractivity contribution in [3.63, 3.8) is 0 Å². The second-order valence-corrected chi connectivity index (χ2v) is 6.22.